The Kier molecular flexibility index (Phi) is 4.97. The number of halogens is 3. The van der Waals surface area contributed by atoms with E-state index < -0.39 is 29.7 Å². The summed E-state index contributed by atoms with van der Waals surface area (Å²) < 4.78 is 29.3. The SMILES string of the molecule is CC(O)c1cc(Br)cc([N+](=O)[O-])c1OCC(F)F. The van der Waals surface area contributed by atoms with Gasteiger partial charge >= 0.3 is 5.69 Å². The smallest absolute Gasteiger partial charge is 0.312 e. The average Bonchev–Trinajstić information content (AvgIpc) is 2.25. The second-order valence-corrected chi connectivity index (χ2v) is 4.39. The number of rotatable bonds is 5. The highest BCUT2D eigenvalue weighted by Gasteiger charge is 2.24. The van der Waals surface area contributed by atoms with Gasteiger partial charge in [0.25, 0.3) is 6.43 Å². The van der Waals surface area contributed by atoms with Gasteiger partial charge in [-0.3, -0.25) is 10.1 Å². The molecule has 100 valence electrons. The fourth-order valence-electron chi connectivity index (χ4n) is 1.35. The van der Waals surface area contributed by atoms with Crippen LogP contribution in [0.3, 0.4) is 0 Å². The molecule has 0 saturated heterocycles. The molecule has 18 heavy (non-hydrogen) atoms. The van der Waals surface area contributed by atoms with Crippen molar-refractivity contribution in [3.8, 4) is 5.75 Å². The molecule has 1 aromatic rings. The van der Waals surface area contributed by atoms with E-state index in [0.717, 1.165) is 6.07 Å². The Bertz CT molecular complexity index is 454. The largest absolute Gasteiger partial charge is 0.480 e. The molecule has 0 saturated carbocycles. The molecular formula is C10H10BrF2NO4. The van der Waals surface area contributed by atoms with Crippen molar-refractivity contribution in [3.05, 3.63) is 32.3 Å². The number of benzene rings is 1. The number of alkyl halides is 2. The number of hydrogen-bond donors (Lipinski definition) is 1. The van der Waals surface area contributed by atoms with E-state index in [-0.39, 0.29) is 11.3 Å². The molecule has 1 N–H and O–H groups in total. The Morgan fingerprint density at radius 2 is 2.17 bits per heavy atom. The van der Waals surface area contributed by atoms with E-state index in [1.54, 1.807) is 0 Å². The Morgan fingerprint density at radius 1 is 1.56 bits per heavy atom. The van der Waals surface area contributed by atoms with Crippen LogP contribution in [0.15, 0.2) is 16.6 Å². The van der Waals surface area contributed by atoms with Crippen molar-refractivity contribution < 1.29 is 23.5 Å². The summed E-state index contributed by atoms with van der Waals surface area (Å²) in [6.07, 6.45) is -3.83. The number of nitro groups is 1. The summed E-state index contributed by atoms with van der Waals surface area (Å²) in [4.78, 5) is 10.1. The first-order valence-electron chi connectivity index (χ1n) is 4.89. The van der Waals surface area contributed by atoms with Gasteiger partial charge in [-0.1, -0.05) is 15.9 Å². The van der Waals surface area contributed by atoms with Gasteiger partial charge in [-0.2, -0.15) is 0 Å². The van der Waals surface area contributed by atoms with E-state index in [1.165, 1.54) is 13.0 Å². The zero-order chi connectivity index (χ0) is 13.9. The number of aliphatic hydroxyl groups excluding tert-OH is 1. The van der Waals surface area contributed by atoms with Gasteiger partial charge in [0.05, 0.1) is 11.0 Å². The lowest BCUT2D eigenvalue weighted by Crippen LogP contribution is -2.11. The lowest BCUT2D eigenvalue weighted by molar-refractivity contribution is -0.386. The van der Waals surface area contributed by atoms with Crippen LogP contribution in [-0.4, -0.2) is 23.1 Å². The van der Waals surface area contributed by atoms with Crippen molar-refractivity contribution in [1.82, 2.24) is 0 Å². The highest BCUT2D eigenvalue weighted by Crippen LogP contribution is 2.37. The molecule has 0 aliphatic heterocycles. The summed E-state index contributed by atoms with van der Waals surface area (Å²) in [6, 6.07) is 2.52. The quantitative estimate of drug-likeness (QED) is 0.667. The molecule has 1 aromatic carbocycles. The van der Waals surface area contributed by atoms with E-state index in [1.807, 2.05) is 0 Å². The van der Waals surface area contributed by atoms with Gasteiger partial charge in [0.15, 0.2) is 0 Å². The fourth-order valence-corrected chi connectivity index (χ4v) is 1.81. The highest BCUT2D eigenvalue weighted by atomic mass is 79.9. The molecule has 0 amide bonds. The monoisotopic (exact) mass is 325 g/mol. The van der Waals surface area contributed by atoms with Crippen LogP contribution >= 0.6 is 15.9 Å². The van der Waals surface area contributed by atoms with Gasteiger partial charge < -0.3 is 9.84 Å². The van der Waals surface area contributed by atoms with E-state index >= 15 is 0 Å². The van der Waals surface area contributed by atoms with Crippen LogP contribution in [0, 0.1) is 10.1 Å². The van der Waals surface area contributed by atoms with Crippen LogP contribution in [-0.2, 0) is 0 Å². The molecule has 0 heterocycles. The Balaban J connectivity index is 3.27. The topological polar surface area (TPSA) is 72.6 Å². The third kappa shape index (κ3) is 3.61. The van der Waals surface area contributed by atoms with Crippen molar-refractivity contribution in [2.45, 2.75) is 19.5 Å². The molecule has 0 aromatic heterocycles. The molecule has 0 bridgehead atoms. The van der Waals surface area contributed by atoms with Crippen LogP contribution < -0.4 is 4.74 Å². The van der Waals surface area contributed by atoms with Gasteiger partial charge in [-0.25, -0.2) is 8.78 Å². The summed E-state index contributed by atoms with van der Waals surface area (Å²) in [5, 5.41) is 20.3. The fraction of sp³-hybridized carbons (Fsp3) is 0.400. The maximum Gasteiger partial charge on any atom is 0.312 e. The normalized spacial score (nSPS) is 12.6. The first-order chi connectivity index (χ1) is 8.32. The molecule has 1 unspecified atom stereocenters. The van der Waals surface area contributed by atoms with Gasteiger partial charge in [0.2, 0.25) is 5.75 Å². The maximum atomic E-state index is 12.1. The summed E-state index contributed by atoms with van der Waals surface area (Å²) in [7, 11) is 0. The minimum absolute atomic E-state index is 0.0803. The van der Waals surface area contributed by atoms with Crippen LogP contribution in [0.1, 0.15) is 18.6 Å². The van der Waals surface area contributed by atoms with E-state index in [9.17, 15) is 24.0 Å². The second-order valence-electron chi connectivity index (χ2n) is 3.48. The standard InChI is InChI=1S/C10H10BrF2NO4/c1-5(15)7-2-6(11)3-8(14(16)17)10(7)18-4-9(12)13/h2-3,5,9,15H,4H2,1H3. The lowest BCUT2D eigenvalue weighted by Gasteiger charge is -2.13. The number of nitro benzene ring substituents is 1. The molecule has 8 heteroatoms. The zero-order valence-corrected chi connectivity index (χ0v) is 10.9. The van der Waals surface area contributed by atoms with Gasteiger partial charge in [0, 0.05) is 16.1 Å². The number of ether oxygens (including phenoxy) is 1. The van der Waals surface area contributed by atoms with E-state index in [2.05, 4.69) is 15.9 Å². The van der Waals surface area contributed by atoms with Crippen LogP contribution in [0.2, 0.25) is 0 Å². The Hall–Kier alpha value is -1.28. The summed E-state index contributed by atoms with van der Waals surface area (Å²) in [5.74, 6) is -0.335. The molecule has 1 rings (SSSR count). The first kappa shape index (κ1) is 14.8. The van der Waals surface area contributed by atoms with Crippen LogP contribution in [0.25, 0.3) is 0 Å². The molecule has 0 fully saturated rings. The van der Waals surface area contributed by atoms with Gasteiger partial charge in [0.1, 0.15) is 6.61 Å². The summed E-state index contributed by atoms with van der Waals surface area (Å²) >= 11 is 3.04. The lowest BCUT2D eigenvalue weighted by atomic mass is 10.1. The van der Waals surface area contributed by atoms with Crippen LogP contribution in [0.5, 0.6) is 5.75 Å². The zero-order valence-electron chi connectivity index (χ0n) is 9.27. The van der Waals surface area contributed by atoms with E-state index in [4.69, 9.17) is 4.74 Å². The highest BCUT2D eigenvalue weighted by molar-refractivity contribution is 9.10. The van der Waals surface area contributed by atoms with E-state index in [0.29, 0.717) is 4.47 Å². The minimum Gasteiger partial charge on any atom is -0.480 e. The number of nitrogens with zero attached hydrogens (tertiary/aromatic N) is 1. The maximum absolute atomic E-state index is 12.1. The van der Waals surface area contributed by atoms with Gasteiger partial charge in [-0.05, 0) is 13.0 Å². The molecule has 0 spiro atoms. The first-order valence-corrected chi connectivity index (χ1v) is 5.69. The number of aliphatic hydroxyl groups is 1. The molecule has 5 nitrogen and oxygen atoms in total. The average molecular weight is 326 g/mol. The molecular weight excluding hydrogens is 316 g/mol. The second kappa shape index (κ2) is 6.05. The van der Waals surface area contributed by atoms with Crippen molar-refractivity contribution in [2.24, 2.45) is 0 Å². The molecule has 0 aliphatic carbocycles. The van der Waals surface area contributed by atoms with Crippen molar-refractivity contribution in [1.29, 1.82) is 0 Å². The molecule has 0 radical (unpaired) electrons. The molecule has 1 atom stereocenters. The minimum atomic E-state index is -2.75. The number of hydrogen-bond acceptors (Lipinski definition) is 4. The van der Waals surface area contributed by atoms with Crippen molar-refractivity contribution >= 4 is 21.6 Å². The Labute approximate surface area is 110 Å². The van der Waals surface area contributed by atoms with Crippen LogP contribution in [0.4, 0.5) is 14.5 Å². The van der Waals surface area contributed by atoms with Gasteiger partial charge in [-0.15, -0.1) is 0 Å². The molecule has 0 aliphatic rings. The predicted octanol–water partition coefficient (Wildman–Crippen LogP) is 3.05. The third-order valence-electron chi connectivity index (χ3n) is 2.06. The summed E-state index contributed by atoms with van der Waals surface area (Å²) in [6.45, 7) is 0.392. The summed E-state index contributed by atoms with van der Waals surface area (Å²) in [5.41, 5.74) is -0.391. The predicted molar refractivity (Wildman–Crippen MR) is 62.9 cm³/mol. The van der Waals surface area contributed by atoms with Crippen molar-refractivity contribution in [2.75, 3.05) is 6.61 Å². The Morgan fingerprint density at radius 3 is 2.61 bits per heavy atom. The van der Waals surface area contributed by atoms with Crippen molar-refractivity contribution in [3.63, 3.8) is 0 Å². The third-order valence-corrected chi connectivity index (χ3v) is 2.52.